The van der Waals surface area contributed by atoms with Gasteiger partial charge in [0.1, 0.15) is 6.07 Å². The number of nitriles is 1. The highest BCUT2D eigenvalue weighted by Gasteiger charge is 2.21. The fourth-order valence-corrected chi connectivity index (χ4v) is 2.87. The van der Waals surface area contributed by atoms with Gasteiger partial charge in [-0.15, -0.1) is 0 Å². The average molecular weight is 263 g/mol. The summed E-state index contributed by atoms with van der Waals surface area (Å²) in [5.41, 5.74) is 1.53. The number of anilines is 1. The molecule has 2 nitrogen and oxygen atoms in total. The fourth-order valence-electron chi connectivity index (χ4n) is 2.70. The van der Waals surface area contributed by atoms with Crippen LogP contribution in [-0.4, -0.2) is 6.54 Å². The number of nitrogens with zero attached hydrogens (tertiary/aromatic N) is 1. The zero-order chi connectivity index (χ0) is 13.0. The van der Waals surface area contributed by atoms with E-state index < -0.39 is 0 Å². The van der Waals surface area contributed by atoms with Gasteiger partial charge in [-0.2, -0.15) is 5.26 Å². The minimum Gasteiger partial charge on any atom is -0.384 e. The Morgan fingerprint density at radius 1 is 1.39 bits per heavy atom. The van der Waals surface area contributed by atoms with Crippen molar-refractivity contribution in [1.82, 2.24) is 0 Å². The van der Waals surface area contributed by atoms with E-state index in [-0.39, 0.29) is 0 Å². The monoisotopic (exact) mass is 262 g/mol. The van der Waals surface area contributed by atoms with Crippen molar-refractivity contribution in [3.05, 3.63) is 28.8 Å². The van der Waals surface area contributed by atoms with Crippen molar-refractivity contribution < 1.29 is 0 Å². The van der Waals surface area contributed by atoms with Crippen LogP contribution < -0.4 is 5.32 Å². The Bertz CT molecular complexity index is 450. The van der Waals surface area contributed by atoms with E-state index in [1.807, 2.05) is 12.1 Å². The van der Waals surface area contributed by atoms with Gasteiger partial charge < -0.3 is 5.32 Å². The molecule has 2 atom stereocenters. The minimum atomic E-state index is 0.614. The number of rotatable bonds is 3. The molecular formula is C15H19ClN2. The molecule has 0 amide bonds. The average Bonchev–Trinajstić information content (AvgIpc) is 2.39. The van der Waals surface area contributed by atoms with Crippen LogP contribution in [0.25, 0.3) is 0 Å². The molecule has 1 N–H and O–H groups in total. The molecule has 1 aromatic carbocycles. The van der Waals surface area contributed by atoms with Crippen LogP contribution in [0.5, 0.6) is 0 Å². The summed E-state index contributed by atoms with van der Waals surface area (Å²) >= 11 is 5.89. The van der Waals surface area contributed by atoms with E-state index >= 15 is 0 Å². The van der Waals surface area contributed by atoms with E-state index in [9.17, 15) is 0 Å². The van der Waals surface area contributed by atoms with Gasteiger partial charge in [0.2, 0.25) is 0 Å². The van der Waals surface area contributed by atoms with Gasteiger partial charge in [0.05, 0.1) is 11.3 Å². The smallest absolute Gasteiger partial charge is 0.101 e. The second-order valence-electron chi connectivity index (χ2n) is 5.20. The Kier molecular flexibility index (Phi) is 4.49. The van der Waals surface area contributed by atoms with Crippen LogP contribution in [0.1, 0.15) is 38.2 Å². The molecule has 3 heteroatoms. The van der Waals surface area contributed by atoms with Crippen LogP contribution in [0.2, 0.25) is 5.02 Å². The number of hydrogen-bond donors (Lipinski definition) is 1. The van der Waals surface area contributed by atoms with Gasteiger partial charge in [-0.1, -0.05) is 37.8 Å². The van der Waals surface area contributed by atoms with Gasteiger partial charge in [-0.25, -0.2) is 0 Å². The molecule has 1 aliphatic carbocycles. The van der Waals surface area contributed by atoms with Crippen LogP contribution in [0.4, 0.5) is 5.69 Å². The Balaban J connectivity index is 1.99. The Morgan fingerprint density at radius 2 is 2.17 bits per heavy atom. The third-order valence-electron chi connectivity index (χ3n) is 3.95. The van der Waals surface area contributed by atoms with Crippen LogP contribution in [-0.2, 0) is 0 Å². The highest BCUT2D eigenvalue weighted by molar-refractivity contribution is 6.30. The lowest BCUT2D eigenvalue weighted by molar-refractivity contribution is 0.268. The van der Waals surface area contributed by atoms with Crippen molar-refractivity contribution in [2.24, 2.45) is 11.8 Å². The zero-order valence-electron chi connectivity index (χ0n) is 10.7. The molecule has 2 rings (SSSR count). The normalized spacial score (nSPS) is 23.4. The second-order valence-corrected chi connectivity index (χ2v) is 5.64. The quantitative estimate of drug-likeness (QED) is 0.874. The van der Waals surface area contributed by atoms with E-state index in [0.717, 1.165) is 24.1 Å². The fraction of sp³-hybridized carbons (Fsp3) is 0.533. The van der Waals surface area contributed by atoms with E-state index in [2.05, 4.69) is 18.3 Å². The van der Waals surface area contributed by atoms with Crippen molar-refractivity contribution in [1.29, 1.82) is 5.26 Å². The zero-order valence-corrected chi connectivity index (χ0v) is 11.5. The standard InChI is InChI=1S/C15H19ClN2/c1-11-4-2-3-5-12(11)10-18-15-7-6-14(16)8-13(15)9-17/h6-8,11-12,18H,2-5,10H2,1H3. The van der Waals surface area contributed by atoms with Crippen LogP contribution in [0, 0.1) is 23.2 Å². The Labute approximate surface area is 114 Å². The maximum atomic E-state index is 9.08. The molecule has 0 bridgehead atoms. The maximum Gasteiger partial charge on any atom is 0.101 e. The molecule has 0 radical (unpaired) electrons. The van der Waals surface area contributed by atoms with Crippen molar-refractivity contribution in [2.45, 2.75) is 32.6 Å². The van der Waals surface area contributed by atoms with Crippen molar-refractivity contribution in [3.63, 3.8) is 0 Å². The molecule has 2 unspecified atom stereocenters. The molecule has 0 spiro atoms. The van der Waals surface area contributed by atoms with E-state index in [1.165, 1.54) is 25.7 Å². The van der Waals surface area contributed by atoms with E-state index in [1.54, 1.807) is 6.07 Å². The lowest BCUT2D eigenvalue weighted by Gasteiger charge is -2.29. The number of hydrogen-bond acceptors (Lipinski definition) is 2. The molecule has 1 fully saturated rings. The summed E-state index contributed by atoms with van der Waals surface area (Å²) in [5.74, 6) is 1.50. The molecule has 18 heavy (non-hydrogen) atoms. The second kappa shape index (κ2) is 6.11. The largest absolute Gasteiger partial charge is 0.384 e. The summed E-state index contributed by atoms with van der Waals surface area (Å²) in [7, 11) is 0. The van der Waals surface area contributed by atoms with Gasteiger partial charge in [-0.3, -0.25) is 0 Å². The van der Waals surface area contributed by atoms with Crippen molar-refractivity contribution in [3.8, 4) is 6.07 Å². The molecule has 0 heterocycles. The van der Waals surface area contributed by atoms with E-state index in [4.69, 9.17) is 16.9 Å². The first-order valence-corrected chi connectivity index (χ1v) is 7.02. The van der Waals surface area contributed by atoms with Gasteiger partial charge in [0.15, 0.2) is 0 Å². The van der Waals surface area contributed by atoms with Crippen LogP contribution in [0.3, 0.4) is 0 Å². The molecule has 0 aliphatic heterocycles. The Morgan fingerprint density at radius 3 is 2.89 bits per heavy atom. The van der Waals surface area contributed by atoms with Crippen LogP contribution >= 0.6 is 11.6 Å². The molecule has 0 aromatic heterocycles. The molecule has 0 saturated heterocycles. The van der Waals surface area contributed by atoms with Crippen molar-refractivity contribution >= 4 is 17.3 Å². The number of halogens is 1. The molecule has 1 aromatic rings. The summed E-state index contributed by atoms with van der Waals surface area (Å²) in [6.45, 7) is 3.29. The number of nitrogens with one attached hydrogen (secondary N) is 1. The molecule has 96 valence electrons. The molecule has 1 aliphatic rings. The first kappa shape index (κ1) is 13.2. The predicted octanol–water partition coefficient (Wildman–Crippen LogP) is 4.45. The van der Waals surface area contributed by atoms with Gasteiger partial charge in [0, 0.05) is 11.6 Å². The lowest BCUT2D eigenvalue weighted by Crippen LogP contribution is -2.24. The third kappa shape index (κ3) is 3.17. The maximum absolute atomic E-state index is 9.08. The third-order valence-corrected chi connectivity index (χ3v) is 4.18. The lowest BCUT2D eigenvalue weighted by atomic mass is 9.80. The van der Waals surface area contributed by atoms with Gasteiger partial charge in [0.25, 0.3) is 0 Å². The molecule has 1 saturated carbocycles. The van der Waals surface area contributed by atoms with Crippen LogP contribution in [0.15, 0.2) is 18.2 Å². The summed E-state index contributed by atoms with van der Waals surface area (Å²) in [6.07, 6.45) is 5.33. The predicted molar refractivity (Wildman–Crippen MR) is 75.8 cm³/mol. The first-order chi connectivity index (χ1) is 8.70. The highest BCUT2D eigenvalue weighted by Crippen LogP contribution is 2.30. The van der Waals surface area contributed by atoms with Gasteiger partial charge in [-0.05, 0) is 36.5 Å². The molecular weight excluding hydrogens is 244 g/mol. The number of benzene rings is 1. The highest BCUT2D eigenvalue weighted by atomic mass is 35.5. The SMILES string of the molecule is CC1CCCCC1CNc1ccc(Cl)cc1C#N. The summed E-state index contributed by atoms with van der Waals surface area (Å²) in [5, 5.41) is 13.1. The first-order valence-electron chi connectivity index (χ1n) is 6.64. The summed E-state index contributed by atoms with van der Waals surface area (Å²) in [6, 6.07) is 7.63. The Hall–Kier alpha value is -1.20. The summed E-state index contributed by atoms with van der Waals surface area (Å²) < 4.78 is 0. The van der Waals surface area contributed by atoms with E-state index in [0.29, 0.717) is 10.6 Å². The van der Waals surface area contributed by atoms with Crippen molar-refractivity contribution in [2.75, 3.05) is 11.9 Å². The topological polar surface area (TPSA) is 35.8 Å². The van der Waals surface area contributed by atoms with Gasteiger partial charge >= 0.3 is 0 Å². The summed E-state index contributed by atoms with van der Waals surface area (Å²) in [4.78, 5) is 0. The minimum absolute atomic E-state index is 0.614.